The zero-order valence-electron chi connectivity index (χ0n) is 11.6. The monoisotopic (exact) mass is 274 g/mol. The summed E-state index contributed by atoms with van der Waals surface area (Å²) in [5.74, 6) is 0.379. The Bertz CT molecular complexity index is 615. The SMILES string of the molecule is CNCC(C)CNc1ccc2ncccc2c1[N+](=O)[O-]. The van der Waals surface area contributed by atoms with Crippen molar-refractivity contribution in [2.75, 3.05) is 25.5 Å². The van der Waals surface area contributed by atoms with Crippen LogP contribution in [-0.2, 0) is 0 Å². The number of nitro benzene ring substituents is 1. The summed E-state index contributed by atoms with van der Waals surface area (Å²) >= 11 is 0. The molecule has 2 rings (SSSR count). The molecule has 0 aliphatic rings. The average molecular weight is 274 g/mol. The second-order valence-electron chi connectivity index (χ2n) is 4.83. The predicted molar refractivity (Wildman–Crippen MR) is 80.0 cm³/mol. The molecule has 1 heterocycles. The van der Waals surface area contributed by atoms with Crippen LogP contribution in [0.1, 0.15) is 6.92 Å². The van der Waals surface area contributed by atoms with E-state index in [0.717, 1.165) is 6.54 Å². The van der Waals surface area contributed by atoms with Crippen LogP contribution in [-0.4, -0.2) is 30.0 Å². The fourth-order valence-corrected chi connectivity index (χ4v) is 2.18. The normalized spacial score (nSPS) is 12.3. The van der Waals surface area contributed by atoms with Crippen molar-refractivity contribution in [3.8, 4) is 0 Å². The minimum absolute atomic E-state index is 0.0901. The summed E-state index contributed by atoms with van der Waals surface area (Å²) in [4.78, 5) is 15.1. The van der Waals surface area contributed by atoms with Gasteiger partial charge in [0.25, 0.3) is 0 Å². The van der Waals surface area contributed by atoms with E-state index in [1.165, 1.54) is 0 Å². The lowest BCUT2D eigenvalue weighted by Gasteiger charge is -2.13. The van der Waals surface area contributed by atoms with Crippen LogP contribution in [0.5, 0.6) is 0 Å². The maximum Gasteiger partial charge on any atom is 0.301 e. The van der Waals surface area contributed by atoms with Gasteiger partial charge in [-0.15, -0.1) is 0 Å². The largest absolute Gasteiger partial charge is 0.379 e. The number of hydrogen-bond donors (Lipinski definition) is 2. The van der Waals surface area contributed by atoms with Gasteiger partial charge in [0.2, 0.25) is 0 Å². The highest BCUT2D eigenvalue weighted by atomic mass is 16.6. The van der Waals surface area contributed by atoms with Gasteiger partial charge in [-0.25, -0.2) is 0 Å². The van der Waals surface area contributed by atoms with E-state index < -0.39 is 0 Å². The number of benzene rings is 1. The molecule has 1 unspecified atom stereocenters. The summed E-state index contributed by atoms with van der Waals surface area (Å²) in [6.45, 7) is 3.61. The van der Waals surface area contributed by atoms with E-state index in [0.29, 0.717) is 29.1 Å². The first-order chi connectivity index (χ1) is 9.63. The molecule has 2 aromatic rings. The van der Waals surface area contributed by atoms with Crippen LogP contribution in [0.25, 0.3) is 10.9 Å². The number of nitrogens with zero attached hydrogens (tertiary/aromatic N) is 2. The number of anilines is 1. The van der Waals surface area contributed by atoms with Crippen molar-refractivity contribution in [3.63, 3.8) is 0 Å². The summed E-state index contributed by atoms with van der Waals surface area (Å²) in [6.07, 6.45) is 1.63. The Morgan fingerprint density at radius 1 is 1.35 bits per heavy atom. The van der Waals surface area contributed by atoms with E-state index in [1.807, 2.05) is 7.05 Å². The van der Waals surface area contributed by atoms with Crippen molar-refractivity contribution in [1.82, 2.24) is 10.3 Å². The quantitative estimate of drug-likeness (QED) is 0.624. The van der Waals surface area contributed by atoms with E-state index in [4.69, 9.17) is 0 Å². The lowest BCUT2D eigenvalue weighted by atomic mass is 10.1. The molecule has 0 amide bonds. The zero-order chi connectivity index (χ0) is 14.5. The Hall–Kier alpha value is -2.21. The molecular formula is C14H18N4O2. The predicted octanol–water partition coefficient (Wildman–Crippen LogP) is 2.41. The molecule has 0 saturated carbocycles. The Labute approximate surface area is 117 Å². The van der Waals surface area contributed by atoms with E-state index >= 15 is 0 Å². The third-order valence-corrected chi connectivity index (χ3v) is 3.13. The third-order valence-electron chi connectivity index (χ3n) is 3.13. The number of nitro groups is 1. The molecule has 0 bridgehead atoms. The molecule has 106 valence electrons. The zero-order valence-corrected chi connectivity index (χ0v) is 11.6. The van der Waals surface area contributed by atoms with Gasteiger partial charge in [-0.05, 0) is 43.8 Å². The highest BCUT2D eigenvalue weighted by Gasteiger charge is 2.18. The first-order valence-electron chi connectivity index (χ1n) is 6.54. The smallest absolute Gasteiger partial charge is 0.301 e. The minimum Gasteiger partial charge on any atom is -0.379 e. The van der Waals surface area contributed by atoms with Crippen molar-refractivity contribution >= 4 is 22.3 Å². The van der Waals surface area contributed by atoms with E-state index in [2.05, 4.69) is 22.5 Å². The van der Waals surface area contributed by atoms with Crippen LogP contribution in [0.15, 0.2) is 30.5 Å². The standard InChI is InChI=1S/C14H18N4O2/c1-10(8-15-2)9-17-13-6-5-12-11(4-3-7-16-12)14(13)18(19)20/h3-7,10,15,17H,8-9H2,1-2H3. The molecule has 1 atom stereocenters. The number of hydrogen-bond acceptors (Lipinski definition) is 5. The summed E-state index contributed by atoms with van der Waals surface area (Å²) in [7, 11) is 1.89. The summed E-state index contributed by atoms with van der Waals surface area (Å²) < 4.78 is 0. The van der Waals surface area contributed by atoms with Crippen LogP contribution in [0.3, 0.4) is 0 Å². The van der Waals surface area contributed by atoms with Crippen LogP contribution >= 0.6 is 0 Å². The van der Waals surface area contributed by atoms with Gasteiger partial charge in [0.05, 0.1) is 15.8 Å². The molecule has 1 aromatic carbocycles. The molecule has 0 spiro atoms. The van der Waals surface area contributed by atoms with Crippen molar-refractivity contribution in [1.29, 1.82) is 0 Å². The van der Waals surface area contributed by atoms with Crippen LogP contribution in [0.4, 0.5) is 11.4 Å². The topological polar surface area (TPSA) is 80.1 Å². The van der Waals surface area contributed by atoms with E-state index in [-0.39, 0.29) is 10.6 Å². The summed E-state index contributed by atoms with van der Waals surface area (Å²) in [5.41, 5.74) is 1.26. The first-order valence-corrected chi connectivity index (χ1v) is 6.54. The maximum atomic E-state index is 11.3. The van der Waals surface area contributed by atoms with Crippen molar-refractivity contribution in [2.24, 2.45) is 5.92 Å². The second-order valence-corrected chi connectivity index (χ2v) is 4.83. The van der Waals surface area contributed by atoms with Crippen LogP contribution in [0, 0.1) is 16.0 Å². The van der Waals surface area contributed by atoms with E-state index in [9.17, 15) is 10.1 Å². The molecule has 0 radical (unpaired) electrons. The number of rotatable bonds is 6. The second kappa shape index (κ2) is 6.29. The molecule has 0 aliphatic carbocycles. The fraction of sp³-hybridized carbons (Fsp3) is 0.357. The third kappa shape index (κ3) is 3.03. The molecule has 6 heteroatoms. The van der Waals surface area contributed by atoms with Crippen molar-refractivity contribution in [2.45, 2.75) is 6.92 Å². The van der Waals surface area contributed by atoms with Gasteiger partial charge in [-0.3, -0.25) is 15.1 Å². The molecule has 6 nitrogen and oxygen atoms in total. The molecule has 2 N–H and O–H groups in total. The van der Waals surface area contributed by atoms with Gasteiger partial charge in [-0.2, -0.15) is 0 Å². The molecule has 20 heavy (non-hydrogen) atoms. The van der Waals surface area contributed by atoms with Gasteiger partial charge in [0.1, 0.15) is 5.69 Å². The lowest BCUT2D eigenvalue weighted by Crippen LogP contribution is -2.23. The van der Waals surface area contributed by atoms with Crippen LogP contribution < -0.4 is 10.6 Å². The minimum atomic E-state index is -0.352. The molecular weight excluding hydrogens is 256 g/mol. The number of nitrogens with one attached hydrogen (secondary N) is 2. The average Bonchev–Trinajstić information content (AvgIpc) is 2.44. The Morgan fingerprint density at radius 2 is 2.15 bits per heavy atom. The van der Waals surface area contributed by atoms with E-state index in [1.54, 1.807) is 30.5 Å². The highest BCUT2D eigenvalue weighted by Crippen LogP contribution is 2.32. The Kier molecular flexibility index (Phi) is 4.47. The molecule has 1 aromatic heterocycles. The Balaban J connectivity index is 2.33. The van der Waals surface area contributed by atoms with Crippen LogP contribution in [0.2, 0.25) is 0 Å². The van der Waals surface area contributed by atoms with Gasteiger partial charge >= 0.3 is 5.69 Å². The van der Waals surface area contributed by atoms with Gasteiger partial charge in [0.15, 0.2) is 0 Å². The van der Waals surface area contributed by atoms with Gasteiger partial charge in [-0.1, -0.05) is 6.92 Å². The van der Waals surface area contributed by atoms with Crippen molar-refractivity contribution < 1.29 is 4.92 Å². The van der Waals surface area contributed by atoms with Crippen molar-refractivity contribution in [3.05, 3.63) is 40.6 Å². The Morgan fingerprint density at radius 3 is 2.85 bits per heavy atom. The number of fused-ring (bicyclic) bond motifs is 1. The molecule has 0 aliphatic heterocycles. The number of aromatic nitrogens is 1. The molecule has 0 saturated heterocycles. The van der Waals surface area contributed by atoms with Gasteiger partial charge < -0.3 is 10.6 Å². The summed E-state index contributed by atoms with van der Waals surface area (Å²) in [6, 6.07) is 6.96. The lowest BCUT2D eigenvalue weighted by molar-refractivity contribution is -0.382. The maximum absolute atomic E-state index is 11.3. The van der Waals surface area contributed by atoms with Gasteiger partial charge in [0, 0.05) is 12.7 Å². The first kappa shape index (κ1) is 14.2. The fourth-order valence-electron chi connectivity index (χ4n) is 2.18. The number of pyridine rings is 1. The summed E-state index contributed by atoms with van der Waals surface area (Å²) in [5, 5.41) is 18.1. The highest BCUT2D eigenvalue weighted by molar-refractivity contribution is 5.94. The molecule has 0 fully saturated rings.